The van der Waals surface area contributed by atoms with E-state index in [0.717, 1.165) is 30.4 Å². The molecule has 4 rings (SSSR count). The molecule has 0 saturated carbocycles. The Kier molecular flexibility index (Phi) is 5.30. The number of thiophene rings is 1. The second kappa shape index (κ2) is 7.85. The molecule has 2 heterocycles. The summed E-state index contributed by atoms with van der Waals surface area (Å²) in [5.41, 5.74) is 4.16. The number of hydrogen-bond acceptors (Lipinski definition) is 3. The Morgan fingerprint density at radius 1 is 0.926 bits per heavy atom. The Morgan fingerprint density at radius 2 is 1.56 bits per heavy atom. The smallest absolute Gasteiger partial charge is 0.255 e. The van der Waals surface area contributed by atoms with Crippen LogP contribution in [0.1, 0.15) is 56.5 Å². The predicted molar refractivity (Wildman–Crippen MR) is 109 cm³/mol. The van der Waals surface area contributed by atoms with Gasteiger partial charge in [-0.1, -0.05) is 19.1 Å². The van der Waals surface area contributed by atoms with Gasteiger partial charge in [-0.05, 0) is 55.4 Å². The standard InChI is InChI=1S/C22H26N2O2S/c1-2-16-7-9-17(10-8-16)21(25)23-11-13-24(14-12-23)22(26)19-15-27-20-6-4-3-5-18(19)20/h7-10,15H,2-6,11-14H2,1H3. The highest BCUT2D eigenvalue weighted by Crippen LogP contribution is 2.31. The van der Waals surface area contributed by atoms with Crippen LogP contribution in [0.15, 0.2) is 29.6 Å². The van der Waals surface area contributed by atoms with Gasteiger partial charge < -0.3 is 9.80 Å². The van der Waals surface area contributed by atoms with Crippen molar-refractivity contribution in [3.05, 3.63) is 56.8 Å². The summed E-state index contributed by atoms with van der Waals surface area (Å²) in [6, 6.07) is 7.87. The first-order valence-electron chi connectivity index (χ1n) is 9.94. The fraction of sp³-hybridized carbons (Fsp3) is 0.455. The van der Waals surface area contributed by atoms with Crippen LogP contribution >= 0.6 is 11.3 Å². The maximum absolute atomic E-state index is 13.0. The van der Waals surface area contributed by atoms with Crippen molar-refractivity contribution in [1.29, 1.82) is 0 Å². The first-order valence-corrected chi connectivity index (χ1v) is 10.8. The number of hydrogen-bond donors (Lipinski definition) is 0. The van der Waals surface area contributed by atoms with Gasteiger partial charge in [-0.25, -0.2) is 0 Å². The summed E-state index contributed by atoms with van der Waals surface area (Å²) >= 11 is 1.74. The molecule has 1 saturated heterocycles. The zero-order valence-electron chi connectivity index (χ0n) is 15.9. The van der Waals surface area contributed by atoms with Gasteiger partial charge in [0.05, 0.1) is 5.56 Å². The van der Waals surface area contributed by atoms with Crippen LogP contribution in [0.3, 0.4) is 0 Å². The zero-order chi connectivity index (χ0) is 18.8. The monoisotopic (exact) mass is 382 g/mol. The number of aryl methyl sites for hydroxylation is 2. The lowest BCUT2D eigenvalue weighted by Crippen LogP contribution is -2.50. The quantitative estimate of drug-likeness (QED) is 0.810. The van der Waals surface area contributed by atoms with Gasteiger partial charge >= 0.3 is 0 Å². The molecule has 1 fully saturated rings. The molecule has 0 unspecified atom stereocenters. The molecule has 0 atom stereocenters. The van der Waals surface area contributed by atoms with Crippen molar-refractivity contribution >= 4 is 23.2 Å². The fourth-order valence-electron chi connectivity index (χ4n) is 4.02. The highest BCUT2D eigenvalue weighted by molar-refractivity contribution is 7.10. The van der Waals surface area contributed by atoms with E-state index in [1.165, 1.54) is 28.8 Å². The van der Waals surface area contributed by atoms with Gasteiger partial charge in [0.15, 0.2) is 0 Å². The van der Waals surface area contributed by atoms with Crippen molar-refractivity contribution in [1.82, 2.24) is 9.80 Å². The first kappa shape index (κ1) is 18.2. The first-order chi connectivity index (χ1) is 13.2. The second-order valence-electron chi connectivity index (χ2n) is 7.39. The van der Waals surface area contributed by atoms with E-state index in [1.54, 1.807) is 11.3 Å². The Labute approximate surface area is 164 Å². The van der Waals surface area contributed by atoms with Crippen LogP contribution in [0.5, 0.6) is 0 Å². The third-order valence-corrected chi connectivity index (χ3v) is 6.84. The third-order valence-electron chi connectivity index (χ3n) is 5.75. The Balaban J connectivity index is 1.39. The third kappa shape index (κ3) is 3.65. The molecule has 1 aromatic heterocycles. The number of amides is 2. The topological polar surface area (TPSA) is 40.6 Å². The molecule has 2 amide bonds. The van der Waals surface area contributed by atoms with Crippen molar-refractivity contribution in [3.8, 4) is 0 Å². The fourth-order valence-corrected chi connectivity index (χ4v) is 5.14. The van der Waals surface area contributed by atoms with Crippen molar-refractivity contribution in [2.45, 2.75) is 39.0 Å². The van der Waals surface area contributed by atoms with Crippen LogP contribution in [0, 0.1) is 0 Å². The molecule has 2 aliphatic rings. The van der Waals surface area contributed by atoms with Crippen LogP contribution in [-0.2, 0) is 19.3 Å². The van der Waals surface area contributed by atoms with Crippen LogP contribution in [-0.4, -0.2) is 47.8 Å². The van der Waals surface area contributed by atoms with E-state index in [0.29, 0.717) is 26.2 Å². The number of carbonyl (C=O) groups excluding carboxylic acids is 2. The van der Waals surface area contributed by atoms with Gasteiger partial charge in [-0.15, -0.1) is 11.3 Å². The molecule has 5 heteroatoms. The molecule has 1 aliphatic carbocycles. The summed E-state index contributed by atoms with van der Waals surface area (Å²) in [5.74, 6) is 0.214. The molecule has 142 valence electrons. The Morgan fingerprint density at radius 3 is 2.22 bits per heavy atom. The van der Waals surface area contributed by atoms with Crippen LogP contribution in [0.25, 0.3) is 0 Å². The predicted octanol–water partition coefficient (Wildman–Crippen LogP) is 3.79. The van der Waals surface area contributed by atoms with Gasteiger partial charge in [0.2, 0.25) is 0 Å². The van der Waals surface area contributed by atoms with Gasteiger partial charge in [-0.2, -0.15) is 0 Å². The lowest BCUT2D eigenvalue weighted by molar-refractivity contribution is 0.0535. The largest absolute Gasteiger partial charge is 0.335 e. The van der Waals surface area contributed by atoms with Gasteiger partial charge in [0.1, 0.15) is 0 Å². The van der Waals surface area contributed by atoms with Crippen molar-refractivity contribution in [2.75, 3.05) is 26.2 Å². The SMILES string of the molecule is CCc1ccc(C(=O)N2CCN(C(=O)c3csc4c3CCCC4)CC2)cc1. The molecular formula is C22H26N2O2S. The van der Waals surface area contributed by atoms with E-state index >= 15 is 0 Å². The highest BCUT2D eigenvalue weighted by Gasteiger charge is 2.28. The Bertz CT molecular complexity index is 832. The molecule has 4 nitrogen and oxygen atoms in total. The molecule has 27 heavy (non-hydrogen) atoms. The minimum absolute atomic E-state index is 0.0673. The summed E-state index contributed by atoms with van der Waals surface area (Å²) < 4.78 is 0. The van der Waals surface area contributed by atoms with E-state index in [2.05, 4.69) is 6.92 Å². The van der Waals surface area contributed by atoms with Crippen LogP contribution < -0.4 is 0 Å². The number of benzene rings is 1. The number of piperazine rings is 1. The van der Waals surface area contributed by atoms with Crippen molar-refractivity contribution in [2.24, 2.45) is 0 Å². The lowest BCUT2D eigenvalue weighted by Gasteiger charge is -2.35. The molecule has 0 spiro atoms. The number of nitrogens with zero attached hydrogens (tertiary/aromatic N) is 2. The van der Waals surface area contributed by atoms with E-state index in [4.69, 9.17) is 0 Å². The average Bonchev–Trinajstić information content (AvgIpc) is 3.17. The number of carbonyl (C=O) groups is 2. The van der Waals surface area contributed by atoms with E-state index < -0.39 is 0 Å². The second-order valence-corrected chi connectivity index (χ2v) is 8.36. The lowest BCUT2D eigenvalue weighted by atomic mass is 9.95. The summed E-state index contributed by atoms with van der Waals surface area (Å²) in [6.45, 7) is 4.54. The van der Waals surface area contributed by atoms with Gasteiger partial charge in [0.25, 0.3) is 11.8 Å². The molecule has 1 aromatic carbocycles. The van der Waals surface area contributed by atoms with E-state index in [1.807, 2.05) is 39.4 Å². The summed E-state index contributed by atoms with van der Waals surface area (Å²) in [7, 11) is 0. The Hall–Kier alpha value is -2.14. The normalized spacial score (nSPS) is 16.9. The van der Waals surface area contributed by atoms with Crippen molar-refractivity contribution in [3.63, 3.8) is 0 Å². The van der Waals surface area contributed by atoms with E-state index in [9.17, 15) is 9.59 Å². The van der Waals surface area contributed by atoms with E-state index in [-0.39, 0.29) is 11.8 Å². The molecule has 1 aliphatic heterocycles. The molecule has 0 N–H and O–H groups in total. The summed E-state index contributed by atoms with van der Waals surface area (Å²) in [6.07, 6.45) is 5.55. The summed E-state index contributed by atoms with van der Waals surface area (Å²) in [5, 5.41) is 2.05. The minimum atomic E-state index is 0.0673. The molecule has 0 radical (unpaired) electrons. The van der Waals surface area contributed by atoms with Crippen LogP contribution in [0.4, 0.5) is 0 Å². The van der Waals surface area contributed by atoms with Crippen LogP contribution in [0.2, 0.25) is 0 Å². The van der Waals surface area contributed by atoms with Gasteiger partial charge in [0, 0.05) is 42.0 Å². The highest BCUT2D eigenvalue weighted by atomic mass is 32.1. The number of fused-ring (bicyclic) bond motifs is 1. The summed E-state index contributed by atoms with van der Waals surface area (Å²) in [4.78, 5) is 30.9. The number of rotatable bonds is 3. The molecule has 2 aromatic rings. The molecule has 0 bridgehead atoms. The van der Waals surface area contributed by atoms with Gasteiger partial charge in [-0.3, -0.25) is 9.59 Å². The minimum Gasteiger partial charge on any atom is -0.335 e. The maximum atomic E-state index is 13.0. The van der Waals surface area contributed by atoms with Crippen molar-refractivity contribution < 1.29 is 9.59 Å². The maximum Gasteiger partial charge on any atom is 0.255 e. The molecular weight excluding hydrogens is 356 g/mol. The zero-order valence-corrected chi connectivity index (χ0v) is 16.7. The average molecular weight is 383 g/mol.